The summed E-state index contributed by atoms with van der Waals surface area (Å²) >= 11 is 0. The molecule has 0 aromatic carbocycles. The number of hydrogen-bond acceptors (Lipinski definition) is 2. The number of urea groups is 1. The van der Waals surface area contributed by atoms with E-state index in [4.69, 9.17) is 5.73 Å². The summed E-state index contributed by atoms with van der Waals surface area (Å²) in [4.78, 5) is 11.4. The molecule has 0 atom stereocenters. The number of carbonyl (C=O) groups excluding carboxylic acids is 1. The molecule has 4 N–H and O–H groups in total. The highest BCUT2D eigenvalue weighted by molar-refractivity contribution is 5.73. The second-order valence-electron chi connectivity index (χ2n) is 6.14. The third-order valence-corrected chi connectivity index (χ3v) is 3.74. The molecule has 1 aliphatic rings. The highest BCUT2D eigenvalue weighted by Gasteiger charge is 2.35. The van der Waals surface area contributed by atoms with Crippen molar-refractivity contribution in [3.05, 3.63) is 0 Å². The van der Waals surface area contributed by atoms with Gasteiger partial charge in [0.1, 0.15) is 0 Å². The van der Waals surface area contributed by atoms with Gasteiger partial charge in [-0.15, -0.1) is 0 Å². The number of nitrogens with one attached hydrogen (secondary N) is 2. The van der Waals surface area contributed by atoms with Crippen LogP contribution in [0.25, 0.3) is 0 Å². The smallest absolute Gasteiger partial charge is 0.314 e. The number of amides is 2. The van der Waals surface area contributed by atoms with E-state index in [0.717, 1.165) is 38.6 Å². The minimum Gasteiger partial charge on any atom is -0.338 e. The molecular weight excluding hydrogens is 214 g/mol. The maximum absolute atomic E-state index is 11.4. The summed E-state index contributed by atoms with van der Waals surface area (Å²) < 4.78 is 0. The zero-order chi connectivity index (χ0) is 12.9. The Morgan fingerprint density at radius 1 is 1.18 bits per heavy atom. The van der Waals surface area contributed by atoms with Crippen LogP contribution in [0.3, 0.4) is 0 Å². The van der Waals surface area contributed by atoms with Crippen LogP contribution in [0.15, 0.2) is 0 Å². The van der Waals surface area contributed by atoms with E-state index >= 15 is 0 Å². The maximum Gasteiger partial charge on any atom is 0.314 e. The number of hydrogen-bond donors (Lipinski definition) is 3. The molecule has 4 nitrogen and oxygen atoms in total. The van der Waals surface area contributed by atoms with Crippen LogP contribution in [0.5, 0.6) is 0 Å². The predicted octanol–water partition coefficient (Wildman–Crippen LogP) is 1.99. The lowest BCUT2D eigenvalue weighted by molar-refractivity contribution is 0.162. The molecule has 0 aromatic heterocycles. The lowest BCUT2D eigenvalue weighted by atomic mass is 9.70. The summed E-state index contributed by atoms with van der Waals surface area (Å²) in [5, 5.41) is 5.68. The Balaban J connectivity index is 2.29. The second-order valence-corrected chi connectivity index (χ2v) is 6.14. The molecule has 0 saturated heterocycles. The van der Waals surface area contributed by atoms with Gasteiger partial charge in [0, 0.05) is 18.6 Å². The Hall–Kier alpha value is -0.770. The molecule has 17 heavy (non-hydrogen) atoms. The van der Waals surface area contributed by atoms with Gasteiger partial charge in [-0.05, 0) is 37.5 Å². The van der Waals surface area contributed by atoms with E-state index in [1.165, 1.54) is 0 Å². The van der Waals surface area contributed by atoms with Gasteiger partial charge in [-0.2, -0.15) is 0 Å². The van der Waals surface area contributed by atoms with E-state index in [2.05, 4.69) is 24.5 Å². The molecule has 0 unspecified atom stereocenters. The van der Waals surface area contributed by atoms with Crippen LogP contribution in [0.1, 0.15) is 52.9 Å². The minimum absolute atomic E-state index is 0.0958. The molecule has 0 bridgehead atoms. The van der Waals surface area contributed by atoms with Crippen LogP contribution in [-0.4, -0.2) is 24.7 Å². The average molecular weight is 241 g/mol. The molecule has 1 fully saturated rings. The van der Waals surface area contributed by atoms with Gasteiger partial charge >= 0.3 is 6.03 Å². The highest BCUT2D eigenvalue weighted by Crippen LogP contribution is 2.38. The van der Waals surface area contributed by atoms with E-state index in [0.29, 0.717) is 12.0 Å². The minimum atomic E-state index is -0.209. The Kier molecular flexibility index (Phi) is 4.80. The first-order valence-electron chi connectivity index (χ1n) is 6.67. The van der Waals surface area contributed by atoms with Gasteiger partial charge in [-0.3, -0.25) is 0 Å². The lowest BCUT2D eigenvalue weighted by Gasteiger charge is -2.41. The van der Waals surface area contributed by atoms with Crippen LogP contribution >= 0.6 is 0 Å². The summed E-state index contributed by atoms with van der Waals surface area (Å²) in [6, 6.07) is -0.0958. The van der Waals surface area contributed by atoms with Crippen molar-refractivity contribution in [2.45, 2.75) is 58.4 Å². The Bertz CT molecular complexity index is 253. The number of carbonyl (C=O) groups is 1. The van der Waals surface area contributed by atoms with E-state index in [9.17, 15) is 4.79 Å². The highest BCUT2D eigenvalue weighted by atomic mass is 16.2. The zero-order valence-electron chi connectivity index (χ0n) is 11.4. The standard InChI is InChI=1S/C13H27N3O/c1-4-9-15-11(17)16-10-13(14)7-5-12(2,3)6-8-13/h4-10,14H2,1-3H3,(H2,15,16,17). The fourth-order valence-corrected chi connectivity index (χ4v) is 2.16. The van der Waals surface area contributed by atoms with Gasteiger partial charge in [-0.1, -0.05) is 20.8 Å². The van der Waals surface area contributed by atoms with Gasteiger partial charge in [-0.25, -0.2) is 4.79 Å². The lowest BCUT2D eigenvalue weighted by Crippen LogP contribution is -2.54. The summed E-state index contributed by atoms with van der Waals surface area (Å²) in [5.74, 6) is 0. The first-order valence-corrected chi connectivity index (χ1v) is 6.67. The largest absolute Gasteiger partial charge is 0.338 e. The fraction of sp³-hybridized carbons (Fsp3) is 0.923. The monoisotopic (exact) mass is 241 g/mol. The fourth-order valence-electron chi connectivity index (χ4n) is 2.16. The molecule has 4 heteroatoms. The normalized spacial score (nSPS) is 21.9. The first kappa shape index (κ1) is 14.3. The molecule has 1 aliphatic carbocycles. The molecule has 0 heterocycles. The topological polar surface area (TPSA) is 67.2 Å². The van der Waals surface area contributed by atoms with Crippen LogP contribution in [-0.2, 0) is 0 Å². The van der Waals surface area contributed by atoms with Gasteiger partial charge < -0.3 is 16.4 Å². The molecule has 1 rings (SSSR count). The zero-order valence-corrected chi connectivity index (χ0v) is 11.4. The third-order valence-electron chi connectivity index (χ3n) is 3.74. The quantitative estimate of drug-likeness (QED) is 0.704. The van der Waals surface area contributed by atoms with E-state index in [-0.39, 0.29) is 11.6 Å². The van der Waals surface area contributed by atoms with Crippen LogP contribution in [0, 0.1) is 5.41 Å². The van der Waals surface area contributed by atoms with Crippen molar-refractivity contribution in [1.29, 1.82) is 0 Å². The Morgan fingerprint density at radius 3 is 2.29 bits per heavy atom. The molecule has 0 spiro atoms. The molecule has 0 aromatic rings. The van der Waals surface area contributed by atoms with Crippen molar-refractivity contribution in [2.24, 2.45) is 11.1 Å². The third kappa shape index (κ3) is 4.94. The Labute approximate surface area is 105 Å². The van der Waals surface area contributed by atoms with Gasteiger partial charge in [0.25, 0.3) is 0 Å². The van der Waals surface area contributed by atoms with Crippen molar-refractivity contribution in [3.8, 4) is 0 Å². The summed E-state index contributed by atoms with van der Waals surface area (Å²) in [6.07, 6.45) is 5.22. The van der Waals surface area contributed by atoms with Crippen molar-refractivity contribution < 1.29 is 4.79 Å². The van der Waals surface area contributed by atoms with Gasteiger partial charge in [0.2, 0.25) is 0 Å². The first-order chi connectivity index (χ1) is 7.87. The van der Waals surface area contributed by atoms with Crippen molar-refractivity contribution in [1.82, 2.24) is 10.6 Å². The summed E-state index contributed by atoms with van der Waals surface area (Å²) in [6.45, 7) is 7.91. The van der Waals surface area contributed by atoms with Crippen molar-refractivity contribution in [2.75, 3.05) is 13.1 Å². The van der Waals surface area contributed by atoms with Gasteiger partial charge in [0.05, 0.1) is 0 Å². The Morgan fingerprint density at radius 2 is 1.76 bits per heavy atom. The van der Waals surface area contributed by atoms with Crippen LogP contribution in [0.2, 0.25) is 0 Å². The van der Waals surface area contributed by atoms with Gasteiger partial charge in [0.15, 0.2) is 0 Å². The van der Waals surface area contributed by atoms with Crippen molar-refractivity contribution in [3.63, 3.8) is 0 Å². The van der Waals surface area contributed by atoms with E-state index in [1.807, 2.05) is 6.92 Å². The number of rotatable bonds is 4. The number of nitrogens with two attached hydrogens (primary N) is 1. The van der Waals surface area contributed by atoms with E-state index < -0.39 is 0 Å². The molecule has 0 radical (unpaired) electrons. The molecular formula is C13H27N3O. The predicted molar refractivity (Wildman–Crippen MR) is 70.9 cm³/mol. The van der Waals surface area contributed by atoms with Crippen LogP contribution < -0.4 is 16.4 Å². The summed E-state index contributed by atoms with van der Waals surface area (Å²) in [7, 11) is 0. The second kappa shape index (κ2) is 5.71. The average Bonchev–Trinajstić information content (AvgIpc) is 2.29. The molecule has 0 aliphatic heterocycles. The SMILES string of the molecule is CCCNC(=O)NCC1(N)CCC(C)(C)CC1. The summed E-state index contributed by atoms with van der Waals surface area (Å²) in [5.41, 5.74) is 6.52. The van der Waals surface area contributed by atoms with Crippen molar-refractivity contribution >= 4 is 6.03 Å². The molecule has 1 saturated carbocycles. The van der Waals surface area contributed by atoms with Crippen LogP contribution in [0.4, 0.5) is 4.79 Å². The van der Waals surface area contributed by atoms with E-state index in [1.54, 1.807) is 0 Å². The molecule has 2 amide bonds. The molecule has 100 valence electrons. The maximum atomic E-state index is 11.4.